The molecule has 0 aliphatic carbocycles. The number of thiophene rings is 1. The molecule has 1 atom stereocenters. The number of benzene rings is 1. The molecule has 5 heteroatoms. The SMILES string of the molecule is CC(C(=O)c1ccccc1)c1nc(Cc2cccs2)no1. The Morgan fingerprint density at radius 2 is 2.05 bits per heavy atom. The minimum atomic E-state index is -0.433. The van der Waals surface area contributed by atoms with Crippen molar-refractivity contribution < 1.29 is 9.32 Å². The van der Waals surface area contributed by atoms with Crippen LogP contribution in [0, 0.1) is 0 Å². The average molecular weight is 298 g/mol. The molecule has 1 aromatic carbocycles. The maximum absolute atomic E-state index is 12.3. The Hall–Kier alpha value is -2.27. The standard InChI is InChI=1S/C16H14N2O2S/c1-11(15(19)12-6-3-2-4-7-12)16-17-14(18-20-16)10-13-8-5-9-21-13/h2-9,11H,10H2,1H3. The summed E-state index contributed by atoms with van der Waals surface area (Å²) in [5.74, 6) is 0.537. The van der Waals surface area contributed by atoms with Gasteiger partial charge in [0.05, 0.1) is 5.92 Å². The molecule has 21 heavy (non-hydrogen) atoms. The Morgan fingerprint density at radius 3 is 2.76 bits per heavy atom. The van der Waals surface area contributed by atoms with Crippen molar-refractivity contribution >= 4 is 17.1 Å². The molecule has 106 valence electrons. The fraction of sp³-hybridized carbons (Fsp3) is 0.188. The molecule has 3 aromatic rings. The van der Waals surface area contributed by atoms with Crippen molar-refractivity contribution in [2.45, 2.75) is 19.3 Å². The minimum absolute atomic E-state index is 0.0121. The molecule has 3 rings (SSSR count). The van der Waals surface area contributed by atoms with Crippen molar-refractivity contribution in [1.29, 1.82) is 0 Å². The lowest BCUT2D eigenvalue weighted by Crippen LogP contribution is -2.10. The van der Waals surface area contributed by atoms with Crippen LogP contribution in [0.5, 0.6) is 0 Å². The van der Waals surface area contributed by atoms with Crippen LogP contribution >= 0.6 is 11.3 Å². The van der Waals surface area contributed by atoms with Crippen molar-refractivity contribution in [2.75, 3.05) is 0 Å². The summed E-state index contributed by atoms with van der Waals surface area (Å²) in [6.45, 7) is 1.79. The molecule has 1 unspecified atom stereocenters. The van der Waals surface area contributed by atoms with Gasteiger partial charge in [0.2, 0.25) is 5.89 Å². The predicted molar refractivity (Wildman–Crippen MR) is 80.6 cm³/mol. The Balaban J connectivity index is 1.75. The molecule has 0 saturated heterocycles. The van der Waals surface area contributed by atoms with Crippen LogP contribution in [0.3, 0.4) is 0 Å². The van der Waals surface area contributed by atoms with E-state index in [1.807, 2.05) is 35.7 Å². The third-order valence-electron chi connectivity index (χ3n) is 3.22. The second-order valence-electron chi connectivity index (χ2n) is 4.76. The van der Waals surface area contributed by atoms with E-state index in [-0.39, 0.29) is 5.78 Å². The van der Waals surface area contributed by atoms with Gasteiger partial charge in [0.1, 0.15) is 0 Å². The quantitative estimate of drug-likeness (QED) is 0.674. The normalized spacial score (nSPS) is 12.2. The second-order valence-corrected chi connectivity index (χ2v) is 5.79. The highest BCUT2D eigenvalue weighted by Gasteiger charge is 2.23. The first kappa shape index (κ1) is 13.7. The van der Waals surface area contributed by atoms with Crippen LogP contribution in [0.4, 0.5) is 0 Å². The smallest absolute Gasteiger partial charge is 0.237 e. The molecular formula is C16H14N2O2S. The molecule has 0 bridgehead atoms. The second kappa shape index (κ2) is 6.01. The summed E-state index contributed by atoms with van der Waals surface area (Å²) in [4.78, 5) is 17.9. The fourth-order valence-electron chi connectivity index (χ4n) is 2.05. The molecule has 0 aliphatic rings. The zero-order chi connectivity index (χ0) is 14.7. The largest absolute Gasteiger partial charge is 0.339 e. The van der Waals surface area contributed by atoms with Crippen LogP contribution < -0.4 is 0 Å². The van der Waals surface area contributed by atoms with Crippen LogP contribution in [0.1, 0.15) is 39.8 Å². The van der Waals surface area contributed by atoms with Crippen LogP contribution in [0.15, 0.2) is 52.4 Å². The Kier molecular flexibility index (Phi) is 3.92. The number of ketones is 1. The number of rotatable bonds is 5. The maximum atomic E-state index is 12.3. The maximum Gasteiger partial charge on any atom is 0.237 e. The highest BCUT2D eigenvalue weighted by molar-refractivity contribution is 7.09. The number of aromatic nitrogens is 2. The summed E-state index contributed by atoms with van der Waals surface area (Å²) >= 11 is 1.65. The molecule has 4 nitrogen and oxygen atoms in total. The van der Waals surface area contributed by atoms with E-state index in [1.54, 1.807) is 30.4 Å². The summed E-state index contributed by atoms with van der Waals surface area (Å²) in [6, 6.07) is 13.2. The van der Waals surface area contributed by atoms with Crippen molar-refractivity contribution in [3.05, 3.63) is 70.0 Å². The van der Waals surface area contributed by atoms with Gasteiger partial charge in [-0.3, -0.25) is 4.79 Å². The first-order valence-corrected chi connectivity index (χ1v) is 7.56. The Morgan fingerprint density at radius 1 is 1.24 bits per heavy atom. The lowest BCUT2D eigenvalue weighted by molar-refractivity contribution is 0.0951. The average Bonchev–Trinajstić information content (AvgIpc) is 3.19. The van der Waals surface area contributed by atoms with Crippen molar-refractivity contribution in [2.24, 2.45) is 0 Å². The van der Waals surface area contributed by atoms with Gasteiger partial charge < -0.3 is 4.52 Å². The molecule has 0 spiro atoms. The number of nitrogens with zero attached hydrogens (tertiary/aromatic N) is 2. The molecule has 0 radical (unpaired) electrons. The number of carbonyl (C=O) groups excluding carboxylic acids is 1. The lowest BCUT2D eigenvalue weighted by atomic mass is 9.99. The first-order valence-electron chi connectivity index (χ1n) is 6.68. The van der Waals surface area contributed by atoms with E-state index in [2.05, 4.69) is 10.1 Å². The molecule has 0 N–H and O–H groups in total. The van der Waals surface area contributed by atoms with Crippen LogP contribution in [0.25, 0.3) is 0 Å². The summed E-state index contributed by atoms with van der Waals surface area (Å²) in [5, 5.41) is 5.97. The molecule has 2 heterocycles. The number of hydrogen-bond donors (Lipinski definition) is 0. The molecule has 0 aliphatic heterocycles. The van der Waals surface area contributed by atoms with Gasteiger partial charge >= 0.3 is 0 Å². The summed E-state index contributed by atoms with van der Waals surface area (Å²) < 4.78 is 5.24. The topological polar surface area (TPSA) is 56.0 Å². The van der Waals surface area contributed by atoms with Gasteiger partial charge in [-0.1, -0.05) is 41.6 Å². The van der Waals surface area contributed by atoms with E-state index in [1.165, 1.54) is 4.88 Å². The molecule has 0 saturated carbocycles. The third-order valence-corrected chi connectivity index (χ3v) is 4.09. The molecule has 2 aromatic heterocycles. The Labute approximate surface area is 126 Å². The first-order chi connectivity index (χ1) is 10.2. The molecule has 0 fully saturated rings. The zero-order valence-corrected chi connectivity index (χ0v) is 12.3. The van der Waals surface area contributed by atoms with Crippen molar-refractivity contribution in [3.63, 3.8) is 0 Å². The predicted octanol–water partition coefficient (Wildman–Crippen LogP) is 3.71. The lowest BCUT2D eigenvalue weighted by Gasteiger charge is -2.04. The van der Waals surface area contributed by atoms with E-state index >= 15 is 0 Å². The van der Waals surface area contributed by atoms with Crippen LogP contribution in [-0.4, -0.2) is 15.9 Å². The third kappa shape index (κ3) is 3.08. The summed E-state index contributed by atoms with van der Waals surface area (Å²) in [6.07, 6.45) is 0.632. The minimum Gasteiger partial charge on any atom is -0.339 e. The van der Waals surface area contributed by atoms with E-state index in [4.69, 9.17) is 4.52 Å². The van der Waals surface area contributed by atoms with E-state index < -0.39 is 5.92 Å². The van der Waals surface area contributed by atoms with Crippen molar-refractivity contribution in [3.8, 4) is 0 Å². The van der Waals surface area contributed by atoms with Gasteiger partial charge in [0.25, 0.3) is 0 Å². The number of hydrogen-bond acceptors (Lipinski definition) is 5. The molecule has 0 amide bonds. The number of Topliss-reactive ketones (excluding diaryl/α,β-unsaturated/α-hetero) is 1. The summed E-state index contributed by atoms with van der Waals surface area (Å²) in [5.41, 5.74) is 0.656. The highest BCUT2D eigenvalue weighted by Crippen LogP contribution is 2.20. The van der Waals surface area contributed by atoms with E-state index in [0.717, 1.165) is 0 Å². The van der Waals surface area contributed by atoms with Crippen molar-refractivity contribution in [1.82, 2.24) is 10.1 Å². The zero-order valence-electron chi connectivity index (χ0n) is 11.5. The van der Waals surface area contributed by atoms with Gasteiger partial charge in [-0.05, 0) is 18.4 Å². The van der Waals surface area contributed by atoms with Crippen LogP contribution in [0.2, 0.25) is 0 Å². The summed E-state index contributed by atoms with van der Waals surface area (Å²) in [7, 11) is 0. The van der Waals surface area contributed by atoms with Gasteiger partial charge in [-0.15, -0.1) is 11.3 Å². The highest BCUT2D eigenvalue weighted by atomic mass is 32.1. The van der Waals surface area contributed by atoms with Gasteiger partial charge in [-0.2, -0.15) is 4.98 Å². The monoisotopic (exact) mass is 298 g/mol. The van der Waals surface area contributed by atoms with Gasteiger partial charge in [0.15, 0.2) is 11.6 Å². The Bertz CT molecular complexity index is 720. The van der Waals surface area contributed by atoms with E-state index in [9.17, 15) is 4.79 Å². The van der Waals surface area contributed by atoms with Gasteiger partial charge in [0, 0.05) is 16.9 Å². The molecular weight excluding hydrogens is 284 g/mol. The fourth-order valence-corrected chi connectivity index (χ4v) is 2.75. The van der Waals surface area contributed by atoms with Crippen LogP contribution in [-0.2, 0) is 6.42 Å². The van der Waals surface area contributed by atoms with E-state index in [0.29, 0.717) is 23.7 Å². The number of carbonyl (C=O) groups is 1. The van der Waals surface area contributed by atoms with Gasteiger partial charge in [-0.25, -0.2) is 0 Å².